The maximum absolute atomic E-state index is 4.40. The van der Waals surface area contributed by atoms with Crippen LogP contribution in [0, 0.1) is 0 Å². The molecule has 0 bridgehead atoms. The molecule has 2 rings (SSSR count). The fraction of sp³-hybridized carbons (Fsp3) is 0.812. The highest BCUT2D eigenvalue weighted by atomic mass is 15.1. The van der Waals surface area contributed by atoms with Crippen LogP contribution in [0.3, 0.4) is 0 Å². The molecule has 1 aromatic heterocycles. The van der Waals surface area contributed by atoms with Gasteiger partial charge in [-0.25, -0.2) is 4.98 Å². The molecule has 4 nitrogen and oxygen atoms in total. The van der Waals surface area contributed by atoms with Crippen LogP contribution in [0.2, 0.25) is 0 Å². The fourth-order valence-corrected chi connectivity index (χ4v) is 3.17. The average molecular weight is 278 g/mol. The summed E-state index contributed by atoms with van der Waals surface area (Å²) in [5, 5.41) is 3.66. The average Bonchev–Trinajstić information content (AvgIpc) is 2.88. The second-order valence-electron chi connectivity index (χ2n) is 6.14. The lowest BCUT2D eigenvalue weighted by Crippen LogP contribution is -2.41. The third-order valence-corrected chi connectivity index (χ3v) is 4.61. The Kier molecular flexibility index (Phi) is 6.05. The predicted octanol–water partition coefficient (Wildman–Crippen LogP) is 2.21. The first-order chi connectivity index (χ1) is 9.70. The van der Waals surface area contributed by atoms with Crippen molar-refractivity contribution < 1.29 is 0 Å². The molecule has 0 atom stereocenters. The van der Waals surface area contributed by atoms with Crippen molar-refractivity contribution in [1.29, 1.82) is 0 Å². The number of aryl methyl sites for hydroxylation is 1. The summed E-state index contributed by atoms with van der Waals surface area (Å²) in [6, 6.07) is 1.52. The molecule has 0 aromatic carbocycles. The van der Waals surface area contributed by atoms with E-state index in [0.717, 1.165) is 25.0 Å². The van der Waals surface area contributed by atoms with Gasteiger partial charge >= 0.3 is 0 Å². The summed E-state index contributed by atoms with van der Waals surface area (Å²) >= 11 is 0. The van der Waals surface area contributed by atoms with E-state index in [2.05, 4.69) is 40.8 Å². The maximum Gasteiger partial charge on any atom is 0.109 e. The molecule has 0 radical (unpaired) electrons. The van der Waals surface area contributed by atoms with Crippen molar-refractivity contribution in [2.45, 2.75) is 57.5 Å². The molecule has 1 N–H and O–H groups in total. The standard InChI is InChI=1S/C16H30N4/c1-4-10-17-14-5-7-15(8-6-14)19(2)12-9-16-18-11-13-20(16)3/h11,13-15,17H,4-10,12H2,1-3H3. The van der Waals surface area contributed by atoms with Gasteiger partial charge in [0.25, 0.3) is 0 Å². The van der Waals surface area contributed by atoms with Crippen molar-refractivity contribution in [3.05, 3.63) is 18.2 Å². The molecule has 0 saturated heterocycles. The lowest BCUT2D eigenvalue weighted by atomic mass is 9.90. The quantitative estimate of drug-likeness (QED) is 0.830. The van der Waals surface area contributed by atoms with Gasteiger partial charge in [0, 0.05) is 44.5 Å². The summed E-state index contributed by atoms with van der Waals surface area (Å²) in [6.07, 6.45) is 11.5. The van der Waals surface area contributed by atoms with Crippen LogP contribution in [0.4, 0.5) is 0 Å². The second-order valence-corrected chi connectivity index (χ2v) is 6.14. The molecule has 1 aliphatic carbocycles. The molecule has 1 aliphatic rings. The molecule has 1 aromatic rings. The van der Waals surface area contributed by atoms with Crippen molar-refractivity contribution in [3.8, 4) is 0 Å². The monoisotopic (exact) mass is 278 g/mol. The first-order valence-electron chi connectivity index (χ1n) is 8.10. The number of hydrogen-bond donors (Lipinski definition) is 1. The molecule has 0 aliphatic heterocycles. The summed E-state index contributed by atoms with van der Waals surface area (Å²) in [5.74, 6) is 1.19. The number of imidazole rings is 1. The Labute approximate surface area is 123 Å². The van der Waals surface area contributed by atoms with Gasteiger partial charge in [-0.05, 0) is 45.7 Å². The van der Waals surface area contributed by atoms with Crippen LogP contribution < -0.4 is 5.32 Å². The molecular weight excluding hydrogens is 248 g/mol. The Hall–Kier alpha value is -0.870. The summed E-state index contributed by atoms with van der Waals surface area (Å²) in [6.45, 7) is 4.52. The Balaban J connectivity index is 1.69. The zero-order chi connectivity index (χ0) is 14.4. The smallest absolute Gasteiger partial charge is 0.109 e. The highest BCUT2D eigenvalue weighted by Crippen LogP contribution is 2.22. The number of nitrogens with one attached hydrogen (secondary N) is 1. The van der Waals surface area contributed by atoms with Crippen LogP contribution in [-0.4, -0.2) is 46.7 Å². The van der Waals surface area contributed by atoms with Gasteiger partial charge in [-0.3, -0.25) is 0 Å². The van der Waals surface area contributed by atoms with Crippen molar-refractivity contribution >= 4 is 0 Å². The topological polar surface area (TPSA) is 33.1 Å². The molecule has 4 heteroatoms. The van der Waals surface area contributed by atoms with Crippen molar-refractivity contribution in [3.63, 3.8) is 0 Å². The maximum atomic E-state index is 4.40. The van der Waals surface area contributed by atoms with E-state index < -0.39 is 0 Å². The van der Waals surface area contributed by atoms with Crippen LogP contribution in [0.1, 0.15) is 44.9 Å². The normalized spacial score (nSPS) is 23.4. The number of nitrogens with zero attached hydrogens (tertiary/aromatic N) is 3. The zero-order valence-electron chi connectivity index (χ0n) is 13.3. The SMILES string of the molecule is CCCNC1CCC(N(C)CCc2nccn2C)CC1. The molecule has 20 heavy (non-hydrogen) atoms. The molecule has 0 unspecified atom stereocenters. The van der Waals surface area contributed by atoms with Crippen LogP contribution in [0.15, 0.2) is 12.4 Å². The van der Waals surface area contributed by atoms with E-state index >= 15 is 0 Å². The number of hydrogen-bond acceptors (Lipinski definition) is 3. The van der Waals surface area contributed by atoms with E-state index in [4.69, 9.17) is 0 Å². The molecule has 1 fully saturated rings. The molecule has 1 saturated carbocycles. The van der Waals surface area contributed by atoms with Crippen molar-refractivity contribution in [2.24, 2.45) is 7.05 Å². The Morgan fingerprint density at radius 1 is 1.35 bits per heavy atom. The summed E-state index contributed by atoms with van der Waals surface area (Å²) < 4.78 is 2.12. The number of aromatic nitrogens is 2. The minimum atomic E-state index is 0.758. The van der Waals surface area contributed by atoms with E-state index in [-0.39, 0.29) is 0 Å². The van der Waals surface area contributed by atoms with E-state index in [1.165, 1.54) is 44.5 Å². The second kappa shape index (κ2) is 7.79. The summed E-state index contributed by atoms with van der Waals surface area (Å²) in [7, 11) is 4.35. The Morgan fingerprint density at radius 2 is 2.10 bits per heavy atom. The highest BCUT2D eigenvalue weighted by Gasteiger charge is 2.23. The molecule has 114 valence electrons. The predicted molar refractivity (Wildman–Crippen MR) is 83.9 cm³/mol. The first kappa shape index (κ1) is 15.5. The first-order valence-corrected chi connectivity index (χ1v) is 8.10. The van der Waals surface area contributed by atoms with Crippen molar-refractivity contribution in [1.82, 2.24) is 19.8 Å². The number of likely N-dealkylation sites (N-methyl/N-ethyl adjacent to an activating group) is 1. The number of rotatable bonds is 7. The van der Waals surface area contributed by atoms with Gasteiger partial charge in [0.15, 0.2) is 0 Å². The van der Waals surface area contributed by atoms with E-state index in [9.17, 15) is 0 Å². The van der Waals surface area contributed by atoms with Gasteiger partial charge in [0.2, 0.25) is 0 Å². The molecular formula is C16H30N4. The summed E-state index contributed by atoms with van der Waals surface area (Å²) in [4.78, 5) is 6.94. The van der Waals surface area contributed by atoms with Gasteiger partial charge in [0.05, 0.1) is 0 Å². The minimum absolute atomic E-state index is 0.758. The van der Waals surface area contributed by atoms with Gasteiger partial charge < -0.3 is 14.8 Å². The largest absolute Gasteiger partial charge is 0.338 e. The highest BCUT2D eigenvalue weighted by molar-refractivity contribution is 4.92. The molecule has 0 amide bonds. The lowest BCUT2D eigenvalue weighted by Gasteiger charge is -2.35. The van der Waals surface area contributed by atoms with Crippen LogP contribution in [0.5, 0.6) is 0 Å². The van der Waals surface area contributed by atoms with Gasteiger partial charge in [-0.1, -0.05) is 6.92 Å². The van der Waals surface area contributed by atoms with E-state index in [1.54, 1.807) is 0 Å². The third kappa shape index (κ3) is 4.32. The van der Waals surface area contributed by atoms with E-state index in [0.29, 0.717) is 0 Å². The van der Waals surface area contributed by atoms with Gasteiger partial charge in [-0.2, -0.15) is 0 Å². The Bertz CT molecular complexity index is 380. The van der Waals surface area contributed by atoms with Crippen LogP contribution in [0.25, 0.3) is 0 Å². The van der Waals surface area contributed by atoms with Gasteiger partial charge in [-0.15, -0.1) is 0 Å². The molecule has 1 heterocycles. The van der Waals surface area contributed by atoms with E-state index in [1.807, 2.05) is 12.4 Å². The third-order valence-electron chi connectivity index (χ3n) is 4.61. The minimum Gasteiger partial charge on any atom is -0.338 e. The van der Waals surface area contributed by atoms with Crippen molar-refractivity contribution in [2.75, 3.05) is 20.1 Å². The lowest BCUT2D eigenvalue weighted by molar-refractivity contribution is 0.175. The summed E-state index contributed by atoms with van der Waals surface area (Å²) in [5.41, 5.74) is 0. The van der Waals surface area contributed by atoms with Crippen LogP contribution >= 0.6 is 0 Å². The van der Waals surface area contributed by atoms with Crippen LogP contribution in [-0.2, 0) is 13.5 Å². The zero-order valence-corrected chi connectivity index (χ0v) is 13.3. The molecule has 0 spiro atoms. The van der Waals surface area contributed by atoms with Gasteiger partial charge in [0.1, 0.15) is 5.82 Å². The fourth-order valence-electron chi connectivity index (χ4n) is 3.17. The Morgan fingerprint density at radius 3 is 2.70 bits per heavy atom.